The third-order valence-electron chi connectivity index (χ3n) is 10.8. The standard InChI is InChI=1S/C48H94NO8P/c1-6-8-10-12-14-16-18-20-22-24-26-28-30-32-34-36-38-40-47(50)54-44-46(45-56-58(52,53)55-43-42-49(3,4)5)57-48(51)41-39-37-35-33-31-29-27-25-23-21-19-17-15-13-11-9-7-2/h33,35,46H,6-32,34,36-45H2,1-5H3/b35-33-/t46-/m1/s1. The van der Waals surface area contributed by atoms with Gasteiger partial charge in [0.2, 0.25) is 0 Å². The van der Waals surface area contributed by atoms with Gasteiger partial charge in [-0.05, 0) is 32.1 Å². The second-order valence-electron chi connectivity index (χ2n) is 17.8. The molecule has 0 spiro atoms. The van der Waals surface area contributed by atoms with Crippen LogP contribution in [0.4, 0.5) is 0 Å². The van der Waals surface area contributed by atoms with Crippen LogP contribution in [0, 0.1) is 0 Å². The number of ether oxygens (including phenoxy) is 2. The fraction of sp³-hybridized carbons (Fsp3) is 0.917. The van der Waals surface area contributed by atoms with Crippen LogP contribution >= 0.6 is 7.82 Å². The minimum absolute atomic E-state index is 0.0318. The van der Waals surface area contributed by atoms with Crippen molar-refractivity contribution in [2.24, 2.45) is 0 Å². The number of quaternary nitrogens is 1. The zero-order valence-corrected chi connectivity index (χ0v) is 39.7. The summed E-state index contributed by atoms with van der Waals surface area (Å²) in [5.74, 6) is -0.858. The zero-order chi connectivity index (χ0) is 42.8. The van der Waals surface area contributed by atoms with E-state index in [2.05, 4.69) is 26.0 Å². The van der Waals surface area contributed by atoms with Gasteiger partial charge in [-0.2, -0.15) is 0 Å². The second-order valence-corrected chi connectivity index (χ2v) is 19.2. The number of hydrogen-bond donors (Lipinski definition) is 0. The topological polar surface area (TPSA) is 111 Å². The lowest BCUT2D eigenvalue weighted by molar-refractivity contribution is -0.870. The Labute approximate surface area is 358 Å². The van der Waals surface area contributed by atoms with E-state index in [4.69, 9.17) is 18.5 Å². The lowest BCUT2D eigenvalue weighted by Gasteiger charge is -2.28. The van der Waals surface area contributed by atoms with Gasteiger partial charge >= 0.3 is 11.9 Å². The quantitative estimate of drug-likeness (QED) is 0.0196. The molecule has 0 aromatic heterocycles. The van der Waals surface area contributed by atoms with E-state index in [1.165, 1.54) is 167 Å². The molecule has 9 nitrogen and oxygen atoms in total. The molecule has 0 saturated heterocycles. The number of likely N-dealkylation sites (N-methyl/N-ethyl adjacent to an activating group) is 1. The molecule has 0 N–H and O–H groups in total. The normalized spacial score (nSPS) is 13.6. The van der Waals surface area contributed by atoms with Crippen LogP contribution < -0.4 is 4.89 Å². The van der Waals surface area contributed by atoms with Crippen molar-refractivity contribution >= 4 is 19.8 Å². The first-order valence-electron chi connectivity index (χ1n) is 24.4. The van der Waals surface area contributed by atoms with Crippen molar-refractivity contribution in [3.63, 3.8) is 0 Å². The number of esters is 2. The zero-order valence-electron chi connectivity index (χ0n) is 38.8. The monoisotopic (exact) mass is 844 g/mol. The number of allylic oxidation sites excluding steroid dienone is 2. The second kappa shape index (κ2) is 41.1. The summed E-state index contributed by atoms with van der Waals surface area (Å²) in [6.45, 7) is 4.24. The maximum atomic E-state index is 12.7. The highest BCUT2D eigenvalue weighted by atomic mass is 31.2. The lowest BCUT2D eigenvalue weighted by atomic mass is 10.0. The van der Waals surface area contributed by atoms with Crippen LogP contribution in [0.1, 0.15) is 232 Å². The van der Waals surface area contributed by atoms with Gasteiger partial charge in [0.05, 0.1) is 27.7 Å². The van der Waals surface area contributed by atoms with Crippen LogP contribution in [-0.2, 0) is 32.7 Å². The van der Waals surface area contributed by atoms with Crippen molar-refractivity contribution in [1.82, 2.24) is 0 Å². The van der Waals surface area contributed by atoms with Crippen LogP contribution in [0.2, 0.25) is 0 Å². The first kappa shape index (κ1) is 56.8. The van der Waals surface area contributed by atoms with E-state index in [0.29, 0.717) is 17.4 Å². The summed E-state index contributed by atoms with van der Waals surface area (Å²) < 4.78 is 34.0. The third-order valence-corrected chi connectivity index (χ3v) is 11.7. The Bertz CT molecular complexity index is 1000. The summed E-state index contributed by atoms with van der Waals surface area (Å²) in [4.78, 5) is 37.6. The minimum atomic E-state index is -4.63. The molecular formula is C48H94NO8P. The highest BCUT2D eigenvalue weighted by Crippen LogP contribution is 2.38. The van der Waals surface area contributed by atoms with Gasteiger partial charge in [0.25, 0.3) is 7.82 Å². The summed E-state index contributed by atoms with van der Waals surface area (Å²) in [5.41, 5.74) is 0. The fourth-order valence-corrected chi connectivity index (χ4v) is 7.68. The molecule has 0 bridgehead atoms. The highest BCUT2D eigenvalue weighted by Gasteiger charge is 2.21. The number of carbonyl (C=O) groups excluding carboxylic acids is 2. The maximum absolute atomic E-state index is 12.7. The summed E-state index contributed by atoms with van der Waals surface area (Å²) in [6.07, 6.45) is 43.9. The van der Waals surface area contributed by atoms with Crippen molar-refractivity contribution in [3.05, 3.63) is 12.2 Å². The van der Waals surface area contributed by atoms with Crippen molar-refractivity contribution in [1.29, 1.82) is 0 Å². The predicted molar refractivity (Wildman–Crippen MR) is 241 cm³/mol. The molecular weight excluding hydrogens is 750 g/mol. The molecule has 0 saturated carbocycles. The van der Waals surface area contributed by atoms with Gasteiger partial charge in [-0.1, -0.05) is 199 Å². The number of nitrogens with zero attached hydrogens (tertiary/aromatic N) is 1. The summed E-state index contributed by atoms with van der Waals surface area (Å²) in [5, 5.41) is 0. The van der Waals surface area contributed by atoms with Crippen LogP contribution in [0.15, 0.2) is 12.2 Å². The minimum Gasteiger partial charge on any atom is -0.756 e. The lowest BCUT2D eigenvalue weighted by Crippen LogP contribution is -2.37. The van der Waals surface area contributed by atoms with Crippen molar-refractivity contribution in [2.75, 3.05) is 47.5 Å². The molecule has 58 heavy (non-hydrogen) atoms. The van der Waals surface area contributed by atoms with Gasteiger partial charge in [-0.3, -0.25) is 14.2 Å². The van der Waals surface area contributed by atoms with Crippen LogP contribution in [0.3, 0.4) is 0 Å². The molecule has 344 valence electrons. The van der Waals surface area contributed by atoms with E-state index in [9.17, 15) is 19.0 Å². The maximum Gasteiger partial charge on any atom is 0.306 e. The van der Waals surface area contributed by atoms with Gasteiger partial charge in [0.15, 0.2) is 6.10 Å². The Balaban J connectivity index is 4.29. The Morgan fingerprint density at radius 2 is 0.897 bits per heavy atom. The third kappa shape index (κ3) is 44.3. The number of carbonyl (C=O) groups is 2. The van der Waals surface area contributed by atoms with Crippen LogP contribution in [0.5, 0.6) is 0 Å². The Morgan fingerprint density at radius 1 is 0.517 bits per heavy atom. The molecule has 0 aromatic rings. The molecule has 0 aromatic carbocycles. The van der Waals surface area contributed by atoms with E-state index in [0.717, 1.165) is 32.1 Å². The van der Waals surface area contributed by atoms with E-state index in [1.54, 1.807) is 0 Å². The average molecular weight is 844 g/mol. The molecule has 1 unspecified atom stereocenters. The molecule has 2 atom stereocenters. The fourth-order valence-electron chi connectivity index (χ4n) is 6.95. The number of phosphoric ester groups is 1. The van der Waals surface area contributed by atoms with Crippen molar-refractivity contribution < 1.29 is 42.1 Å². The predicted octanol–water partition coefficient (Wildman–Crippen LogP) is 13.5. The molecule has 0 rings (SSSR count). The molecule has 10 heteroatoms. The average Bonchev–Trinajstić information content (AvgIpc) is 3.17. The number of hydrogen-bond acceptors (Lipinski definition) is 8. The van der Waals surface area contributed by atoms with Crippen molar-refractivity contribution in [2.45, 2.75) is 238 Å². The van der Waals surface area contributed by atoms with E-state index in [1.807, 2.05) is 21.1 Å². The molecule has 0 amide bonds. The van der Waals surface area contributed by atoms with Crippen LogP contribution in [-0.4, -0.2) is 70.0 Å². The van der Waals surface area contributed by atoms with E-state index >= 15 is 0 Å². The first-order chi connectivity index (χ1) is 28.0. The molecule has 0 heterocycles. The van der Waals surface area contributed by atoms with Gasteiger partial charge in [-0.25, -0.2) is 0 Å². The van der Waals surface area contributed by atoms with E-state index < -0.39 is 26.5 Å². The van der Waals surface area contributed by atoms with Crippen molar-refractivity contribution in [3.8, 4) is 0 Å². The summed E-state index contributed by atoms with van der Waals surface area (Å²) in [6, 6.07) is 0. The summed E-state index contributed by atoms with van der Waals surface area (Å²) >= 11 is 0. The Hall–Kier alpha value is -1.25. The molecule has 0 radical (unpaired) electrons. The summed E-state index contributed by atoms with van der Waals surface area (Å²) in [7, 11) is 1.16. The smallest absolute Gasteiger partial charge is 0.306 e. The molecule has 0 aliphatic heterocycles. The SMILES string of the molecule is CCCCCCCCCCCCCC/C=C\CCCC(=O)O[C@H](COC(=O)CCCCCCCCCCCCCCCCCCC)COP(=O)([O-])OCC[N+](C)(C)C. The highest BCUT2D eigenvalue weighted by molar-refractivity contribution is 7.45. The van der Waals surface area contributed by atoms with Crippen LogP contribution in [0.25, 0.3) is 0 Å². The van der Waals surface area contributed by atoms with E-state index in [-0.39, 0.29) is 32.0 Å². The number of phosphoric acid groups is 1. The largest absolute Gasteiger partial charge is 0.756 e. The molecule has 0 aliphatic rings. The van der Waals surface area contributed by atoms with Gasteiger partial charge in [-0.15, -0.1) is 0 Å². The Kier molecular flexibility index (Phi) is 40.2. The van der Waals surface area contributed by atoms with Gasteiger partial charge in [0.1, 0.15) is 19.8 Å². The van der Waals surface area contributed by atoms with Gasteiger partial charge in [0, 0.05) is 12.8 Å². The Morgan fingerprint density at radius 3 is 1.33 bits per heavy atom. The van der Waals surface area contributed by atoms with Gasteiger partial charge < -0.3 is 27.9 Å². The number of rotatable bonds is 45. The molecule has 0 fully saturated rings. The number of unbranched alkanes of at least 4 members (excludes halogenated alkanes) is 29. The molecule has 0 aliphatic carbocycles. The first-order valence-corrected chi connectivity index (χ1v) is 25.9.